The van der Waals surface area contributed by atoms with Gasteiger partial charge in [0, 0.05) is 23.7 Å². The summed E-state index contributed by atoms with van der Waals surface area (Å²) in [5.41, 5.74) is 2.89. The molecule has 1 aliphatic rings. The van der Waals surface area contributed by atoms with Crippen LogP contribution < -0.4 is 10.2 Å². The lowest BCUT2D eigenvalue weighted by Gasteiger charge is -2.20. The van der Waals surface area contributed by atoms with Crippen LogP contribution in [-0.4, -0.2) is 23.0 Å². The van der Waals surface area contributed by atoms with E-state index in [1.165, 1.54) is 0 Å². The van der Waals surface area contributed by atoms with Gasteiger partial charge in [-0.15, -0.1) is 11.3 Å². The van der Waals surface area contributed by atoms with Gasteiger partial charge in [0.25, 0.3) is 5.91 Å². The summed E-state index contributed by atoms with van der Waals surface area (Å²) >= 11 is 7.88. The molecule has 3 rings (SSSR count). The van der Waals surface area contributed by atoms with E-state index in [-0.39, 0.29) is 0 Å². The van der Waals surface area contributed by atoms with Crippen LogP contribution in [-0.2, 0) is 11.3 Å². The molecule has 2 heterocycles. The Morgan fingerprint density at radius 2 is 2.29 bits per heavy atom. The molecule has 21 heavy (non-hydrogen) atoms. The van der Waals surface area contributed by atoms with Gasteiger partial charge in [-0.1, -0.05) is 11.6 Å². The standard InChI is InChI=1S/C14H14ClN3O2S/c1-7-16-8(6-21-7)5-18(2)12-4-11-9(3-10(12)15)13(19)14(20)17-11/h3-4,6,13,19H,5H2,1-2H3,(H,17,20). The normalized spacial score (nSPS) is 16.8. The first-order chi connectivity index (χ1) is 9.95. The lowest BCUT2D eigenvalue weighted by Crippen LogP contribution is -2.17. The number of aliphatic hydroxyl groups excluding tert-OH is 1. The van der Waals surface area contributed by atoms with Crippen LogP contribution >= 0.6 is 22.9 Å². The smallest absolute Gasteiger partial charge is 0.257 e. The molecule has 0 saturated carbocycles. The number of nitrogens with zero attached hydrogens (tertiary/aromatic N) is 2. The SMILES string of the molecule is Cc1nc(CN(C)c2cc3c(cc2Cl)C(O)C(=O)N3)cs1. The first kappa shape index (κ1) is 14.3. The number of carbonyl (C=O) groups is 1. The van der Waals surface area contributed by atoms with E-state index in [0.717, 1.165) is 16.4 Å². The van der Waals surface area contributed by atoms with Crippen LogP contribution in [0.25, 0.3) is 0 Å². The van der Waals surface area contributed by atoms with Crippen LogP contribution in [0.1, 0.15) is 22.4 Å². The Hall–Kier alpha value is -1.63. The highest BCUT2D eigenvalue weighted by Gasteiger charge is 2.30. The molecule has 0 spiro atoms. The van der Waals surface area contributed by atoms with Crippen molar-refractivity contribution >= 4 is 40.2 Å². The minimum absolute atomic E-state index is 0.420. The molecule has 2 aromatic rings. The second-order valence-corrected chi connectivity index (χ2v) is 6.47. The molecule has 1 aromatic heterocycles. The lowest BCUT2D eigenvalue weighted by atomic mass is 10.1. The number of anilines is 2. The number of aryl methyl sites for hydroxylation is 1. The van der Waals surface area contributed by atoms with Gasteiger partial charge in [-0.25, -0.2) is 4.98 Å². The number of halogens is 1. The third-order valence-electron chi connectivity index (χ3n) is 3.40. The second-order valence-electron chi connectivity index (χ2n) is 5.00. The predicted molar refractivity (Wildman–Crippen MR) is 84.0 cm³/mol. The van der Waals surface area contributed by atoms with E-state index in [1.54, 1.807) is 23.5 Å². The molecule has 1 amide bonds. The number of carbonyl (C=O) groups excluding carboxylic acids is 1. The quantitative estimate of drug-likeness (QED) is 0.911. The number of thiazole rings is 1. The summed E-state index contributed by atoms with van der Waals surface area (Å²) in [5.74, 6) is -0.420. The van der Waals surface area contributed by atoms with E-state index in [4.69, 9.17) is 11.6 Å². The van der Waals surface area contributed by atoms with Crippen molar-refractivity contribution in [1.29, 1.82) is 0 Å². The number of hydrogen-bond acceptors (Lipinski definition) is 5. The zero-order chi connectivity index (χ0) is 15.1. The van der Waals surface area contributed by atoms with E-state index in [0.29, 0.717) is 22.8 Å². The van der Waals surface area contributed by atoms with Gasteiger partial charge in [-0.3, -0.25) is 4.79 Å². The summed E-state index contributed by atoms with van der Waals surface area (Å²) in [4.78, 5) is 17.9. The summed E-state index contributed by atoms with van der Waals surface area (Å²) in [6.45, 7) is 2.59. The van der Waals surface area contributed by atoms with Gasteiger partial charge in [0.1, 0.15) is 0 Å². The summed E-state index contributed by atoms with van der Waals surface area (Å²) in [7, 11) is 1.91. The summed E-state index contributed by atoms with van der Waals surface area (Å²) in [5, 5.41) is 15.9. The number of nitrogens with one attached hydrogen (secondary N) is 1. The lowest BCUT2D eigenvalue weighted by molar-refractivity contribution is -0.123. The fourth-order valence-electron chi connectivity index (χ4n) is 2.36. The largest absolute Gasteiger partial charge is 0.378 e. The van der Waals surface area contributed by atoms with Gasteiger partial charge in [0.05, 0.1) is 28.0 Å². The zero-order valence-electron chi connectivity index (χ0n) is 11.6. The van der Waals surface area contributed by atoms with E-state index in [2.05, 4.69) is 10.3 Å². The number of hydrogen-bond donors (Lipinski definition) is 2. The van der Waals surface area contributed by atoms with Crippen molar-refractivity contribution in [3.8, 4) is 0 Å². The summed E-state index contributed by atoms with van der Waals surface area (Å²) in [6.07, 6.45) is -1.14. The molecule has 0 saturated heterocycles. The third-order valence-corrected chi connectivity index (χ3v) is 4.52. The van der Waals surface area contributed by atoms with Crippen LogP contribution in [0, 0.1) is 6.92 Å². The molecule has 0 bridgehead atoms. The highest BCUT2D eigenvalue weighted by atomic mass is 35.5. The molecule has 1 atom stereocenters. The van der Waals surface area contributed by atoms with E-state index in [9.17, 15) is 9.90 Å². The van der Waals surface area contributed by atoms with Crippen LogP contribution in [0.3, 0.4) is 0 Å². The number of fused-ring (bicyclic) bond motifs is 1. The van der Waals surface area contributed by atoms with Crippen LogP contribution in [0.5, 0.6) is 0 Å². The van der Waals surface area contributed by atoms with E-state index < -0.39 is 12.0 Å². The van der Waals surface area contributed by atoms with Crippen molar-refractivity contribution in [3.05, 3.63) is 38.8 Å². The average Bonchev–Trinajstić information content (AvgIpc) is 2.95. The van der Waals surface area contributed by atoms with Gasteiger partial charge in [-0.05, 0) is 19.1 Å². The maximum absolute atomic E-state index is 11.5. The van der Waals surface area contributed by atoms with E-state index in [1.807, 2.05) is 24.3 Å². The Kier molecular flexibility index (Phi) is 3.61. The van der Waals surface area contributed by atoms with Gasteiger partial charge >= 0.3 is 0 Å². The average molecular weight is 324 g/mol. The monoisotopic (exact) mass is 323 g/mol. The Bertz CT molecular complexity index is 716. The van der Waals surface area contributed by atoms with Crippen LogP contribution in [0.2, 0.25) is 5.02 Å². The fourth-order valence-corrected chi connectivity index (χ4v) is 3.28. The first-order valence-electron chi connectivity index (χ1n) is 6.40. The molecule has 5 nitrogen and oxygen atoms in total. The molecular formula is C14H14ClN3O2S. The van der Waals surface area contributed by atoms with E-state index >= 15 is 0 Å². The molecule has 2 N–H and O–H groups in total. The van der Waals surface area contributed by atoms with Gasteiger partial charge < -0.3 is 15.3 Å². The maximum atomic E-state index is 11.5. The number of aliphatic hydroxyl groups is 1. The number of aromatic nitrogens is 1. The molecule has 110 valence electrons. The zero-order valence-corrected chi connectivity index (χ0v) is 13.1. The first-order valence-corrected chi connectivity index (χ1v) is 7.66. The number of amides is 1. The van der Waals surface area contributed by atoms with Crippen molar-refractivity contribution in [1.82, 2.24) is 4.98 Å². The Balaban J connectivity index is 1.89. The van der Waals surface area contributed by atoms with Gasteiger partial charge in [-0.2, -0.15) is 0 Å². The molecular weight excluding hydrogens is 310 g/mol. The Morgan fingerprint density at radius 3 is 2.95 bits per heavy atom. The number of rotatable bonds is 3. The van der Waals surface area contributed by atoms with Crippen molar-refractivity contribution in [2.75, 3.05) is 17.3 Å². The molecule has 0 aliphatic carbocycles. The Labute approximate surface area is 131 Å². The molecule has 1 aromatic carbocycles. The maximum Gasteiger partial charge on any atom is 0.257 e. The molecule has 1 unspecified atom stereocenters. The van der Waals surface area contributed by atoms with Gasteiger partial charge in [0.2, 0.25) is 0 Å². The van der Waals surface area contributed by atoms with Gasteiger partial charge in [0.15, 0.2) is 6.10 Å². The predicted octanol–water partition coefficient (Wildman–Crippen LogP) is 2.73. The van der Waals surface area contributed by atoms with Crippen molar-refractivity contribution in [2.24, 2.45) is 0 Å². The van der Waals surface area contributed by atoms with Crippen molar-refractivity contribution < 1.29 is 9.90 Å². The molecule has 0 fully saturated rings. The minimum atomic E-state index is -1.14. The van der Waals surface area contributed by atoms with Crippen LogP contribution in [0.4, 0.5) is 11.4 Å². The minimum Gasteiger partial charge on any atom is -0.378 e. The summed E-state index contributed by atoms with van der Waals surface area (Å²) < 4.78 is 0. The van der Waals surface area contributed by atoms with Crippen molar-refractivity contribution in [2.45, 2.75) is 19.6 Å². The number of benzene rings is 1. The summed E-state index contributed by atoms with van der Waals surface area (Å²) in [6, 6.07) is 3.42. The topological polar surface area (TPSA) is 65.5 Å². The second kappa shape index (κ2) is 5.29. The fraction of sp³-hybridized carbons (Fsp3) is 0.286. The molecule has 0 radical (unpaired) electrons. The third kappa shape index (κ3) is 2.62. The van der Waals surface area contributed by atoms with Crippen molar-refractivity contribution in [3.63, 3.8) is 0 Å². The molecule has 7 heteroatoms. The Morgan fingerprint density at radius 1 is 1.52 bits per heavy atom. The highest BCUT2D eigenvalue weighted by Crippen LogP contribution is 2.38. The highest BCUT2D eigenvalue weighted by molar-refractivity contribution is 7.09. The molecule has 1 aliphatic heterocycles. The van der Waals surface area contributed by atoms with Crippen LogP contribution in [0.15, 0.2) is 17.5 Å².